The van der Waals surface area contributed by atoms with Gasteiger partial charge in [-0.15, -0.1) is 0 Å². The van der Waals surface area contributed by atoms with Crippen molar-refractivity contribution in [1.29, 1.82) is 0 Å². The van der Waals surface area contributed by atoms with E-state index in [2.05, 4.69) is 4.90 Å². The highest BCUT2D eigenvalue weighted by Crippen LogP contribution is 2.27. The number of hydrogen-bond acceptors (Lipinski definition) is 3. The number of nitrogens with two attached hydrogens (primary N) is 1. The van der Waals surface area contributed by atoms with Gasteiger partial charge in [0, 0.05) is 26.2 Å². The average Bonchev–Trinajstić information content (AvgIpc) is 2.32. The van der Waals surface area contributed by atoms with Crippen LogP contribution in [-0.4, -0.2) is 38.8 Å². The van der Waals surface area contributed by atoms with E-state index in [0.717, 1.165) is 12.1 Å². The summed E-state index contributed by atoms with van der Waals surface area (Å²) in [6.45, 7) is 2.02. The van der Waals surface area contributed by atoms with Crippen LogP contribution >= 0.6 is 23.2 Å². The van der Waals surface area contributed by atoms with Crippen molar-refractivity contribution in [1.82, 2.24) is 4.90 Å². The van der Waals surface area contributed by atoms with Crippen molar-refractivity contribution < 1.29 is 4.74 Å². The highest BCUT2D eigenvalue weighted by Gasteiger charge is 2.16. The maximum absolute atomic E-state index is 6.01. The van der Waals surface area contributed by atoms with Crippen LogP contribution in [0.15, 0.2) is 18.2 Å². The van der Waals surface area contributed by atoms with Crippen LogP contribution in [0.2, 0.25) is 10.0 Å². The molecule has 2 N–H and O–H groups in total. The third-order valence-electron chi connectivity index (χ3n) is 2.73. The fourth-order valence-electron chi connectivity index (χ4n) is 1.68. The predicted octanol–water partition coefficient (Wildman–Crippen LogP) is 2.57. The Labute approximate surface area is 112 Å². The van der Waals surface area contributed by atoms with E-state index in [-0.39, 0.29) is 6.04 Å². The van der Waals surface area contributed by atoms with Gasteiger partial charge in [0.05, 0.1) is 16.7 Å². The Kier molecular flexibility index (Phi) is 6.23. The van der Waals surface area contributed by atoms with Gasteiger partial charge < -0.3 is 10.5 Å². The van der Waals surface area contributed by atoms with Gasteiger partial charge in [0.15, 0.2) is 0 Å². The lowest BCUT2D eigenvalue weighted by atomic mass is 10.1. The van der Waals surface area contributed by atoms with Crippen LogP contribution in [0, 0.1) is 0 Å². The molecule has 1 aromatic rings. The highest BCUT2D eigenvalue weighted by atomic mass is 35.5. The molecule has 0 amide bonds. The van der Waals surface area contributed by atoms with Crippen LogP contribution in [0.5, 0.6) is 0 Å². The van der Waals surface area contributed by atoms with E-state index in [1.807, 2.05) is 19.2 Å². The summed E-state index contributed by atoms with van der Waals surface area (Å²) in [6.07, 6.45) is 0. The van der Waals surface area contributed by atoms with Crippen LogP contribution in [0.4, 0.5) is 0 Å². The first kappa shape index (κ1) is 14.7. The van der Waals surface area contributed by atoms with E-state index in [9.17, 15) is 0 Å². The van der Waals surface area contributed by atoms with Crippen molar-refractivity contribution in [2.24, 2.45) is 5.73 Å². The van der Waals surface area contributed by atoms with E-state index in [0.29, 0.717) is 23.2 Å². The Balaban J connectivity index is 2.81. The van der Waals surface area contributed by atoms with E-state index in [1.54, 1.807) is 13.2 Å². The van der Waals surface area contributed by atoms with Gasteiger partial charge in [-0.05, 0) is 24.7 Å². The molecule has 0 aliphatic carbocycles. The molecule has 1 aromatic carbocycles. The maximum Gasteiger partial charge on any atom is 0.0595 e. The zero-order chi connectivity index (χ0) is 12.8. The molecule has 0 spiro atoms. The molecule has 0 aliphatic heterocycles. The Hall–Kier alpha value is -0.320. The maximum atomic E-state index is 6.01. The van der Waals surface area contributed by atoms with Crippen LogP contribution in [0.3, 0.4) is 0 Å². The minimum Gasteiger partial charge on any atom is -0.383 e. The first-order valence-electron chi connectivity index (χ1n) is 5.44. The molecule has 0 saturated carbocycles. The molecule has 3 nitrogen and oxygen atoms in total. The number of likely N-dealkylation sites (N-methyl/N-ethyl adjacent to an activating group) is 1. The van der Waals surface area contributed by atoms with Crippen LogP contribution in [0.25, 0.3) is 0 Å². The minimum atomic E-state index is 0.125. The van der Waals surface area contributed by atoms with Gasteiger partial charge in [0.1, 0.15) is 0 Å². The number of benzene rings is 1. The van der Waals surface area contributed by atoms with Crippen molar-refractivity contribution in [2.45, 2.75) is 6.04 Å². The lowest BCUT2D eigenvalue weighted by Gasteiger charge is -2.27. The minimum absolute atomic E-state index is 0.125. The van der Waals surface area contributed by atoms with Crippen molar-refractivity contribution in [3.05, 3.63) is 33.8 Å². The van der Waals surface area contributed by atoms with Gasteiger partial charge >= 0.3 is 0 Å². The Morgan fingerprint density at radius 2 is 2.06 bits per heavy atom. The van der Waals surface area contributed by atoms with Crippen LogP contribution < -0.4 is 5.73 Å². The fraction of sp³-hybridized carbons (Fsp3) is 0.500. The summed E-state index contributed by atoms with van der Waals surface area (Å²) in [4.78, 5) is 2.14. The van der Waals surface area contributed by atoms with Gasteiger partial charge in [0.2, 0.25) is 0 Å². The van der Waals surface area contributed by atoms with Gasteiger partial charge in [0.25, 0.3) is 0 Å². The standard InChI is InChI=1S/C12H18Cl2N2O/c1-16(5-6-17-2)12(8-15)9-3-4-10(13)11(14)7-9/h3-4,7,12H,5-6,8,15H2,1-2H3. The lowest BCUT2D eigenvalue weighted by Crippen LogP contribution is -2.32. The van der Waals surface area contributed by atoms with Crippen molar-refractivity contribution in [2.75, 3.05) is 33.9 Å². The first-order chi connectivity index (χ1) is 8.10. The number of ether oxygens (including phenoxy) is 1. The second kappa shape index (κ2) is 7.19. The van der Waals surface area contributed by atoms with Gasteiger partial charge in [-0.25, -0.2) is 0 Å². The summed E-state index contributed by atoms with van der Waals surface area (Å²) >= 11 is 11.9. The molecule has 1 atom stereocenters. The van der Waals surface area contributed by atoms with Crippen molar-refractivity contribution >= 4 is 23.2 Å². The predicted molar refractivity (Wildman–Crippen MR) is 72.8 cm³/mol. The number of halogens is 2. The number of rotatable bonds is 6. The third-order valence-corrected chi connectivity index (χ3v) is 3.47. The quantitative estimate of drug-likeness (QED) is 0.868. The van der Waals surface area contributed by atoms with Crippen LogP contribution in [0.1, 0.15) is 11.6 Å². The molecular weight excluding hydrogens is 259 g/mol. The number of nitrogens with zero attached hydrogens (tertiary/aromatic N) is 1. The van der Waals surface area contributed by atoms with E-state index < -0.39 is 0 Å². The number of hydrogen-bond donors (Lipinski definition) is 1. The molecule has 0 radical (unpaired) electrons. The Morgan fingerprint density at radius 1 is 1.35 bits per heavy atom. The van der Waals surface area contributed by atoms with Gasteiger partial charge in [-0.1, -0.05) is 29.3 Å². The zero-order valence-electron chi connectivity index (χ0n) is 10.1. The zero-order valence-corrected chi connectivity index (χ0v) is 11.6. The molecule has 0 aromatic heterocycles. The molecule has 0 heterocycles. The molecule has 0 fully saturated rings. The van der Waals surface area contributed by atoms with E-state index in [4.69, 9.17) is 33.7 Å². The van der Waals surface area contributed by atoms with Crippen LogP contribution in [-0.2, 0) is 4.74 Å². The first-order valence-corrected chi connectivity index (χ1v) is 6.20. The van der Waals surface area contributed by atoms with Gasteiger partial charge in [-0.3, -0.25) is 4.90 Å². The molecule has 1 unspecified atom stereocenters. The van der Waals surface area contributed by atoms with Gasteiger partial charge in [-0.2, -0.15) is 0 Å². The summed E-state index contributed by atoms with van der Waals surface area (Å²) in [7, 11) is 3.70. The second-order valence-corrected chi connectivity index (χ2v) is 4.71. The smallest absolute Gasteiger partial charge is 0.0595 e. The molecule has 5 heteroatoms. The largest absolute Gasteiger partial charge is 0.383 e. The second-order valence-electron chi connectivity index (χ2n) is 3.90. The summed E-state index contributed by atoms with van der Waals surface area (Å²) in [6, 6.07) is 5.74. The van der Waals surface area contributed by atoms with Crippen molar-refractivity contribution in [3.63, 3.8) is 0 Å². The highest BCUT2D eigenvalue weighted by molar-refractivity contribution is 6.42. The summed E-state index contributed by atoms with van der Waals surface area (Å²) in [5, 5.41) is 1.12. The Bertz CT molecular complexity index is 360. The van der Waals surface area contributed by atoms with E-state index in [1.165, 1.54) is 0 Å². The molecule has 96 valence electrons. The molecule has 0 bridgehead atoms. The number of methoxy groups -OCH3 is 1. The summed E-state index contributed by atoms with van der Waals surface area (Å²) < 4.78 is 5.06. The SMILES string of the molecule is COCCN(C)C(CN)c1ccc(Cl)c(Cl)c1. The molecule has 1 rings (SSSR count). The monoisotopic (exact) mass is 276 g/mol. The van der Waals surface area contributed by atoms with E-state index >= 15 is 0 Å². The fourth-order valence-corrected chi connectivity index (χ4v) is 1.99. The average molecular weight is 277 g/mol. The summed E-state index contributed by atoms with van der Waals surface area (Å²) in [5.41, 5.74) is 6.88. The summed E-state index contributed by atoms with van der Waals surface area (Å²) in [5.74, 6) is 0. The molecule has 0 saturated heterocycles. The Morgan fingerprint density at radius 3 is 2.59 bits per heavy atom. The molecule has 17 heavy (non-hydrogen) atoms. The van der Waals surface area contributed by atoms with Crippen molar-refractivity contribution in [3.8, 4) is 0 Å². The topological polar surface area (TPSA) is 38.5 Å². The normalized spacial score (nSPS) is 13.1. The molecular formula is C12H18Cl2N2O. The molecule has 0 aliphatic rings. The third kappa shape index (κ3) is 4.12. The lowest BCUT2D eigenvalue weighted by molar-refractivity contribution is 0.140.